The van der Waals surface area contributed by atoms with Crippen LogP contribution in [0.3, 0.4) is 0 Å². The van der Waals surface area contributed by atoms with Gasteiger partial charge in [0, 0.05) is 12.1 Å². The molecular weight excluding hydrogens is 224 g/mol. The van der Waals surface area contributed by atoms with Crippen molar-refractivity contribution in [1.82, 2.24) is 4.90 Å². The van der Waals surface area contributed by atoms with Crippen molar-refractivity contribution < 1.29 is 8.42 Å². The van der Waals surface area contributed by atoms with Crippen molar-refractivity contribution in [1.29, 1.82) is 0 Å². The maximum atomic E-state index is 11.6. The molecule has 1 fully saturated rings. The van der Waals surface area contributed by atoms with E-state index in [0.717, 1.165) is 13.0 Å². The molecule has 1 rings (SSSR count). The normalized spacial score (nSPS) is 29.1. The molecule has 0 aromatic rings. The third kappa shape index (κ3) is 3.18. The molecular formula is C11H24N2O2S. The summed E-state index contributed by atoms with van der Waals surface area (Å²) in [5.41, 5.74) is 5.48. The molecule has 0 spiro atoms. The molecule has 0 aromatic heterocycles. The molecule has 2 N–H and O–H groups in total. The lowest BCUT2D eigenvalue weighted by atomic mass is 9.96. The van der Waals surface area contributed by atoms with Gasteiger partial charge in [-0.25, -0.2) is 8.42 Å². The largest absolute Gasteiger partial charge is 0.329 e. The van der Waals surface area contributed by atoms with E-state index in [-0.39, 0.29) is 17.0 Å². The quantitative estimate of drug-likeness (QED) is 0.768. The highest BCUT2D eigenvalue weighted by atomic mass is 32.2. The summed E-state index contributed by atoms with van der Waals surface area (Å²) in [6, 6.07) is 0. The second-order valence-corrected chi connectivity index (χ2v) is 7.56. The molecule has 0 aliphatic carbocycles. The van der Waals surface area contributed by atoms with Gasteiger partial charge in [0.05, 0.1) is 11.5 Å². The molecule has 16 heavy (non-hydrogen) atoms. The van der Waals surface area contributed by atoms with E-state index < -0.39 is 9.84 Å². The predicted molar refractivity (Wildman–Crippen MR) is 67.1 cm³/mol. The summed E-state index contributed by atoms with van der Waals surface area (Å²) >= 11 is 0. The Morgan fingerprint density at radius 2 is 2.06 bits per heavy atom. The first-order valence-electron chi connectivity index (χ1n) is 5.93. The number of nitrogens with zero attached hydrogens (tertiary/aromatic N) is 1. The maximum absolute atomic E-state index is 11.6. The van der Waals surface area contributed by atoms with Gasteiger partial charge in [-0.3, -0.25) is 4.90 Å². The van der Waals surface area contributed by atoms with Crippen molar-refractivity contribution in [2.24, 2.45) is 11.7 Å². The molecule has 1 unspecified atom stereocenters. The topological polar surface area (TPSA) is 63.4 Å². The number of rotatable bonds is 5. The van der Waals surface area contributed by atoms with Gasteiger partial charge in [-0.15, -0.1) is 0 Å². The number of likely N-dealkylation sites (N-methyl/N-ethyl adjacent to an activating group) is 1. The Morgan fingerprint density at radius 1 is 1.44 bits per heavy atom. The zero-order valence-corrected chi connectivity index (χ0v) is 11.4. The van der Waals surface area contributed by atoms with E-state index in [1.807, 2.05) is 7.05 Å². The minimum Gasteiger partial charge on any atom is -0.329 e. The zero-order chi connectivity index (χ0) is 12.4. The highest BCUT2D eigenvalue weighted by Crippen LogP contribution is 2.28. The molecule has 5 heteroatoms. The van der Waals surface area contributed by atoms with Crippen molar-refractivity contribution in [3.05, 3.63) is 0 Å². The van der Waals surface area contributed by atoms with Crippen LogP contribution in [-0.2, 0) is 9.84 Å². The van der Waals surface area contributed by atoms with Gasteiger partial charge < -0.3 is 5.73 Å². The van der Waals surface area contributed by atoms with Gasteiger partial charge in [-0.2, -0.15) is 0 Å². The molecule has 0 saturated carbocycles. The summed E-state index contributed by atoms with van der Waals surface area (Å²) < 4.78 is 23.1. The van der Waals surface area contributed by atoms with Gasteiger partial charge >= 0.3 is 0 Å². The Kier molecular flexibility index (Phi) is 4.37. The molecule has 4 nitrogen and oxygen atoms in total. The van der Waals surface area contributed by atoms with Crippen LogP contribution in [0.5, 0.6) is 0 Å². The van der Waals surface area contributed by atoms with Crippen LogP contribution in [0.2, 0.25) is 0 Å². The fourth-order valence-electron chi connectivity index (χ4n) is 2.21. The van der Waals surface area contributed by atoms with E-state index in [1.54, 1.807) is 0 Å². The summed E-state index contributed by atoms with van der Waals surface area (Å²) in [5.74, 6) is 1.15. The summed E-state index contributed by atoms with van der Waals surface area (Å²) in [4.78, 5) is 2.15. The Bertz CT molecular complexity index is 327. The first-order chi connectivity index (χ1) is 7.31. The molecule has 1 heterocycles. The minimum atomic E-state index is -2.87. The first kappa shape index (κ1) is 13.9. The summed E-state index contributed by atoms with van der Waals surface area (Å²) in [7, 11) is -0.875. The molecule has 1 atom stereocenters. The highest BCUT2D eigenvalue weighted by molar-refractivity contribution is 7.91. The Labute approximate surface area is 99.1 Å². The predicted octanol–water partition coefficient (Wildman–Crippen LogP) is 0.480. The smallest absolute Gasteiger partial charge is 0.152 e. The lowest BCUT2D eigenvalue weighted by Gasteiger charge is -2.37. The van der Waals surface area contributed by atoms with Gasteiger partial charge in [0.15, 0.2) is 9.84 Å². The number of nitrogens with two attached hydrogens (primary N) is 1. The molecule has 1 aliphatic rings. The molecule has 0 radical (unpaired) electrons. The van der Waals surface area contributed by atoms with Crippen molar-refractivity contribution >= 4 is 9.84 Å². The number of hydrogen-bond acceptors (Lipinski definition) is 4. The molecule has 0 amide bonds. The van der Waals surface area contributed by atoms with Crippen LogP contribution >= 0.6 is 0 Å². The van der Waals surface area contributed by atoms with Gasteiger partial charge in [0.2, 0.25) is 0 Å². The van der Waals surface area contributed by atoms with Crippen molar-refractivity contribution in [3.63, 3.8) is 0 Å². The van der Waals surface area contributed by atoms with E-state index in [9.17, 15) is 8.42 Å². The van der Waals surface area contributed by atoms with Crippen molar-refractivity contribution in [3.8, 4) is 0 Å². The van der Waals surface area contributed by atoms with Gasteiger partial charge in [0.1, 0.15) is 0 Å². The molecule has 0 aromatic carbocycles. The van der Waals surface area contributed by atoms with Crippen LogP contribution in [0, 0.1) is 5.92 Å². The zero-order valence-electron chi connectivity index (χ0n) is 10.6. The number of sulfone groups is 1. The lowest BCUT2D eigenvalue weighted by Crippen LogP contribution is -2.53. The van der Waals surface area contributed by atoms with Crippen molar-refractivity contribution in [2.75, 3.05) is 31.6 Å². The summed E-state index contributed by atoms with van der Waals surface area (Å²) in [6.45, 7) is 5.70. The minimum absolute atomic E-state index is 0.227. The average molecular weight is 248 g/mol. The lowest BCUT2D eigenvalue weighted by molar-refractivity contribution is 0.144. The van der Waals surface area contributed by atoms with Crippen LogP contribution in [0.4, 0.5) is 0 Å². The van der Waals surface area contributed by atoms with E-state index in [0.29, 0.717) is 18.9 Å². The third-order valence-electron chi connectivity index (χ3n) is 3.60. The fourth-order valence-corrected chi connectivity index (χ4v) is 4.34. The van der Waals surface area contributed by atoms with Crippen LogP contribution in [0.25, 0.3) is 0 Å². The van der Waals surface area contributed by atoms with E-state index in [2.05, 4.69) is 18.7 Å². The summed E-state index contributed by atoms with van der Waals surface area (Å²) in [6.07, 6.45) is 1.76. The van der Waals surface area contributed by atoms with E-state index in [4.69, 9.17) is 5.73 Å². The Hall–Kier alpha value is -0.130. The monoisotopic (exact) mass is 248 g/mol. The molecule has 1 aliphatic heterocycles. The van der Waals surface area contributed by atoms with Crippen LogP contribution < -0.4 is 5.73 Å². The molecule has 96 valence electrons. The van der Waals surface area contributed by atoms with Crippen LogP contribution in [0.1, 0.15) is 26.7 Å². The van der Waals surface area contributed by atoms with Crippen LogP contribution in [-0.4, -0.2) is 50.5 Å². The van der Waals surface area contributed by atoms with E-state index in [1.165, 1.54) is 0 Å². The van der Waals surface area contributed by atoms with Crippen molar-refractivity contribution in [2.45, 2.75) is 32.2 Å². The second-order valence-electron chi connectivity index (χ2n) is 5.37. The standard InChI is InChI=1S/C11H24N2O2S/c1-10(2)4-6-13(3)11(8-12)5-7-16(14,15)9-11/h10H,4-9,12H2,1-3H3. The van der Waals surface area contributed by atoms with Gasteiger partial charge in [-0.05, 0) is 32.4 Å². The second kappa shape index (κ2) is 5.02. The molecule has 0 bridgehead atoms. The van der Waals surface area contributed by atoms with E-state index >= 15 is 0 Å². The average Bonchev–Trinajstić information content (AvgIpc) is 2.52. The number of hydrogen-bond donors (Lipinski definition) is 1. The molecule has 1 saturated heterocycles. The third-order valence-corrected chi connectivity index (χ3v) is 5.40. The fraction of sp³-hybridized carbons (Fsp3) is 1.00. The van der Waals surface area contributed by atoms with Gasteiger partial charge in [0.25, 0.3) is 0 Å². The van der Waals surface area contributed by atoms with Crippen LogP contribution in [0.15, 0.2) is 0 Å². The Balaban J connectivity index is 2.67. The summed E-state index contributed by atoms with van der Waals surface area (Å²) in [5, 5.41) is 0. The first-order valence-corrected chi connectivity index (χ1v) is 7.75. The highest BCUT2D eigenvalue weighted by Gasteiger charge is 2.43. The SMILES string of the molecule is CC(C)CCN(C)C1(CN)CCS(=O)(=O)C1. The Morgan fingerprint density at radius 3 is 2.44 bits per heavy atom. The maximum Gasteiger partial charge on any atom is 0.152 e. The van der Waals surface area contributed by atoms with Gasteiger partial charge in [-0.1, -0.05) is 13.8 Å².